The Morgan fingerprint density at radius 3 is 2.73 bits per heavy atom. The van der Waals surface area contributed by atoms with Crippen molar-refractivity contribution in [2.24, 2.45) is 0 Å². The zero-order chi connectivity index (χ0) is 16.1. The van der Waals surface area contributed by atoms with E-state index in [0.717, 1.165) is 25.0 Å². The second-order valence-electron chi connectivity index (χ2n) is 5.52. The second-order valence-corrected chi connectivity index (χ2v) is 5.52. The number of rotatable bonds is 4. The molecule has 1 aromatic rings. The molecular formula is C17H20N2O3. The Morgan fingerprint density at radius 1 is 1.50 bits per heavy atom. The van der Waals surface area contributed by atoms with Crippen molar-refractivity contribution in [1.82, 2.24) is 5.32 Å². The largest absolute Gasteiger partial charge is 0.507 e. The summed E-state index contributed by atoms with van der Waals surface area (Å²) in [6.07, 6.45) is 3.52. The van der Waals surface area contributed by atoms with Gasteiger partial charge in [-0.15, -0.1) is 0 Å². The zero-order valence-electron chi connectivity index (χ0n) is 12.8. The Labute approximate surface area is 130 Å². The minimum Gasteiger partial charge on any atom is -0.507 e. The molecule has 0 radical (unpaired) electrons. The molecule has 1 saturated heterocycles. The number of carbonyl (C=O) groups is 1. The first-order valence-corrected chi connectivity index (χ1v) is 7.33. The highest BCUT2D eigenvalue weighted by molar-refractivity contribution is 6.01. The van der Waals surface area contributed by atoms with Crippen LogP contribution in [0.1, 0.15) is 29.5 Å². The van der Waals surface area contributed by atoms with Gasteiger partial charge in [-0.25, -0.2) is 0 Å². The summed E-state index contributed by atoms with van der Waals surface area (Å²) in [6, 6.07) is 5.41. The van der Waals surface area contributed by atoms with E-state index in [2.05, 4.69) is 5.32 Å². The van der Waals surface area contributed by atoms with Gasteiger partial charge in [0, 0.05) is 13.2 Å². The molecule has 1 unspecified atom stereocenters. The molecule has 0 bridgehead atoms. The molecule has 2 rings (SSSR count). The third-order valence-electron chi connectivity index (χ3n) is 3.70. The van der Waals surface area contributed by atoms with Gasteiger partial charge in [-0.2, -0.15) is 5.26 Å². The fraction of sp³-hybridized carbons (Fsp3) is 0.412. The SMILES string of the molecule is Cc1cc(C=C(C#N)C(=O)NCC2CCCO2)cc(C)c1O. The Kier molecular flexibility index (Phi) is 5.18. The Hall–Kier alpha value is -2.32. The van der Waals surface area contributed by atoms with Gasteiger partial charge < -0.3 is 15.2 Å². The average Bonchev–Trinajstić information content (AvgIpc) is 3.01. The second kappa shape index (κ2) is 7.10. The number of amides is 1. The molecule has 1 fully saturated rings. The minimum absolute atomic E-state index is 0.0436. The van der Waals surface area contributed by atoms with Crippen molar-refractivity contribution in [3.8, 4) is 11.8 Å². The van der Waals surface area contributed by atoms with Crippen molar-refractivity contribution in [2.75, 3.05) is 13.2 Å². The summed E-state index contributed by atoms with van der Waals surface area (Å²) < 4.78 is 5.43. The predicted molar refractivity (Wildman–Crippen MR) is 83.2 cm³/mol. The van der Waals surface area contributed by atoms with Gasteiger partial charge >= 0.3 is 0 Å². The molecule has 0 aromatic heterocycles. The molecule has 0 aliphatic carbocycles. The summed E-state index contributed by atoms with van der Waals surface area (Å²) in [6.45, 7) is 4.71. The third-order valence-corrected chi connectivity index (χ3v) is 3.70. The highest BCUT2D eigenvalue weighted by Gasteiger charge is 2.17. The van der Waals surface area contributed by atoms with Crippen LogP contribution in [0.15, 0.2) is 17.7 Å². The van der Waals surface area contributed by atoms with Crippen LogP contribution in [0.4, 0.5) is 0 Å². The Morgan fingerprint density at radius 2 is 2.18 bits per heavy atom. The van der Waals surface area contributed by atoms with Crippen LogP contribution in [-0.4, -0.2) is 30.3 Å². The van der Waals surface area contributed by atoms with Gasteiger partial charge in [0.15, 0.2) is 0 Å². The van der Waals surface area contributed by atoms with Crippen LogP contribution in [0, 0.1) is 25.2 Å². The van der Waals surface area contributed by atoms with Gasteiger partial charge in [0.2, 0.25) is 0 Å². The van der Waals surface area contributed by atoms with Crippen molar-refractivity contribution >= 4 is 12.0 Å². The van der Waals surface area contributed by atoms with Gasteiger partial charge in [-0.05, 0) is 61.6 Å². The van der Waals surface area contributed by atoms with Crippen LogP contribution in [0.5, 0.6) is 5.75 Å². The summed E-state index contributed by atoms with van der Waals surface area (Å²) in [5.74, 6) is -0.167. The average molecular weight is 300 g/mol. The quantitative estimate of drug-likeness (QED) is 0.660. The molecule has 1 aromatic carbocycles. The van der Waals surface area contributed by atoms with Gasteiger partial charge in [0.1, 0.15) is 17.4 Å². The molecule has 5 nitrogen and oxygen atoms in total. The number of hydrogen-bond donors (Lipinski definition) is 2. The molecule has 22 heavy (non-hydrogen) atoms. The number of nitrogens with zero attached hydrogens (tertiary/aromatic N) is 1. The lowest BCUT2D eigenvalue weighted by Gasteiger charge is -2.10. The smallest absolute Gasteiger partial charge is 0.262 e. The number of ether oxygens (including phenoxy) is 1. The number of aryl methyl sites for hydroxylation is 2. The first-order valence-electron chi connectivity index (χ1n) is 7.33. The van der Waals surface area contributed by atoms with E-state index in [9.17, 15) is 15.2 Å². The van der Waals surface area contributed by atoms with Gasteiger partial charge in [0.25, 0.3) is 5.91 Å². The van der Waals surface area contributed by atoms with Crippen LogP contribution in [-0.2, 0) is 9.53 Å². The van der Waals surface area contributed by atoms with Crippen molar-refractivity contribution in [3.05, 3.63) is 34.4 Å². The monoisotopic (exact) mass is 300 g/mol. The molecule has 1 heterocycles. The number of phenols is 1. The molecule has 2 N–H and O–H groups in total. The lowest BCUT2D eigenvalue weighted by molar-refractivity contribution is -0.117. The standard InChI is InChI=1S/C17H20N2O3/c1-11-6-13(7-12(2)16(11)20)8-14(9-18)17(21)19-10-15-4-3-5-22-15/h6-8,15,20H,3-5,10H2,1-2H3,(H,19,21). The molecule has 1 atom stereocenters. The van der Waals surface area contributed by atoms with E-state index in [4.69, 9.17) is 4.74 Å². The highest BCUT2D eigenvalue weighted by atomic mass is 16.5. The molecule has 5 heteroatoms. The van der Waals surface area contributed by atoms with E-state index in [1.54, 1.807) is 26.0 Å². The summed E-state index contributed by atoms with van der Waals surface area (Å²) in [7, 11) is 0. The summed E-state index contributed by atoms with van der Waals surface area (Å²) in [4.78, 5) is 12.1. The zero-order valence-corrected chi connectivity index (χ0v) is 12.8. The number of carbonyl (C=O) groups excluding carboxylic acids is 1. The topological polar surface area (TPSA) is 82.4 Å². The predicted octanol–water partition coefficient (Wildman–Crippen LogP) is 2.21. The van der Waals surface area contributed by atoms with Crippen LogP contribution in [0.3, 0.4) is 0 Å². The highest BCUT2D eigenvalue weighted by Crippen LogP contribution is 2.24. The van der Waals surface area contributed by atoms with Crippen LogP contribution in [0.2, 0.25) is 0 Å². The van der Waals surface area contributed by atoms with E-state index < -0.39 is 5.91 Å². The first kappa shape index (κ1) is 16.1. The van der Waals surface area contributed by atoms with Crippen molar-refractivity contribution in [3.63, 3.8) is 0 Å². The summed E-state index contributed by atoms with van der Waals surface area (Å²) in [5.41, 5.74) is 2.19. The van der Waals surface area contributed by atoms with E-state index in [-0.39, 0.29) is 17.4 Å². The Bertz CT molecular complexity index is 615. The fourth-order valence-corrected chi connectivity index (χ4v) is 2.50. The molecule has 0 spiro atoms. The maximum absolute atomic E-state index is 12.1. The van der Waals surface area contributed by atoms with Crippen molar-refractivity contribution < 1.29 is 14.6 Å². The number of benzene rings is 1. The summed E-state index contributed by atoms with van der Waals surface area (Å²) >= 11 is 0. The van der Waals surface area contributed by atoms with Crippen molar-refractivity contribution in [1.29, 1.82) is 5.26 Å². The van der Waals surface area contributed by atoms with E-state index in [1.165, 1.54) is 6.08 Å². The number of phenolic OH excluding ortho intramolecular Hbond substituents is 1. The molecule has 1 amide bonds. The maximum atomic E-state index is 12.1. The fourth-order valence-electron chi connectivity index (χ4n) is 2.50. The van der Waals surface area contributed by atoms with E-state index in [1.807, 2.05) is 6.07 Å². The molecule has 0 saturated carbocycles. The lowest BCUT2D eigenvalue weighted by Crippen LogP contribution is -2.32. The third kappa shape index (κ3) is 3.86. The van der Waals surface area contributed by atoms with E-state index in [0.29, 0.717) is 17.7 Å². The minimum atomic E-state index is -0.401. The normalized spacial score (nSPS) is 18.0. The number of nitrogens with one attached hydrogen (secondary N) is 1. The van der Waals surface area contributed by atoms with E-state index >= 15 is 0 Å². The number of hydrogen-bond acceptors (Lipinski definition) is 4. The summed E-state index contributed by atoms with van der Waals surface area (Å²) in [5, 5.41) is 21.7. The van der Waals surface area contributed by atoms with Gasteiger partial charge in [-0.3, -0.25) is 4.79 Å². The van der Waals surface area contributed by atoms with Gasteiger partial charge in [0.05, 0.1) is 6.10 Å². The molecule has 1 aliphatic rings. The molecule has 116 valence electrons. The van der Waals surface area contributed by atoms with Crippen LogP contribution in [0.25, 0.3) is 6.08 Å². The molecule has 1 aliphatic heterocycles. The van der Waals surface area contributed by atoms with Crippen molar-refractivity contribution in [2.45, 2.75) is 32.8 Å². The number of aromatic hydroxyl groups is 1. The van der Waals surface area contributed by atoms with Gasteiger partial charge in [-0.1, -0.05) is 0 Å². The first-order chi connectivity index (χ1) is 10.5. The number of nitriles is 1. The van der Waals surface area contributed by atoms with Crippen LogP contribution < -0.4 is 5.32 Å². The van der Waals surface area contributed by atoms with Crippen LogP contribution >= 0.6 is 0 Å². The molecular weight excluding hydrogens is 280 g/mol. The Balaban J connectivity index is 2.09. The maximum Gasteiger partial charge on any atom is 0.262 e. The lowest BCUT2D eigenvalue weighted by atomic mass is 10.0.